The first-order chi connectivity index (χ1) is 14.0. The van der Waals surface area contributed by atoms with Gasteiger partial charge >= 0.3 is 0 Å². The number of fused-ring (bicyclic) bond motifs is 1. The van der Waals surface area contributed by atoms with Crippen molar-refractivity contribution in [1.82, 2.24) is 0 Å². The number of ether oxygens (including phenoxy) is 3. The van der Waals surface area contributed by atoms with Gasteiger partial charge in [-0.1, -0.05) is 23.4 Å². The SMILES string of the molecule is COc1ccc2c3c1O[C@H]1[C@@]4(OC)C=C[C@@]5(C[C@H]4C(C)=NO)[C@H](C2)[NH+](C)CC[C@]315. The van der Waals surface area contributed by atoms with Gasteiger partial charge in [-0.25, -0.2) is 0 Å². The zero-order chi connectivity index (χ0) is 20.2. The molecule has 154 valence electrons. The molecule has 6 nitrogen and oxygen atoms in total. The lowest BCUT2D eigenvalue weighted by molar-refractivity contribution is -0.923. The Morgan fingerprint density at radius 1 is 1.31 bits per heavy atom. The highest BCUT2D eigenvalue weighted by Gasteiger charge is 2.80. The van der Waals surface area contributed by atoms with E-state index in [2.05, 4.69) is 36.5 Å². The van der Waals surface area contributed by atoms with E-state index in [4.69, 9.17) is 14.2 Å². The van der Waals surface area contributed by atoms with Crippen molar-refractivity contribution < 1.29 is 24.3 Å². The fourth-order valence-corrected chi connectivity index (χ4v) is 7.91. The molecule has 1 aromatic carbocycles. The Morgan fingerprint density at radius 2 is 2.14 bits per heavy atom. The molecule has 6 aliphatic rings. The van der Waals surface area contributed by atoms with Crippen LogP contribution >= 0.6 is 0 Å². The maximum Gasteiger partial charge on any atom is 0.166 e. The van der Waals surface area contributed by atoms with Crippen molar-refractivity contribution in [2.75, 3.05) is 27.8 Å². The van der Waals surface area contributed by atoms with Crippen LogP contribution in [-0.4, -0.2) is 56.5 Å². The fraction of sp³-hybridized carbons (Fsp3) is 0.609. The first kappa shape index (κ1) is 17.8. The molecular formula is C23H29N2O4+. The van der Waals surface area contributed by atoms with Crippen molar-refractivity contribution in [3.05, 3.63) is 35.4 Å². The Hall–Kier alpha value is -2.05. The second-order valence-corrected chi connectivity index (χ2v) is 9.63. The summed E-state index contributed by atoms with van der Waals surface area (Å²) in [6.07, 6.45) is 7.54. The van der Waals surface area contributed by atoms with E-state index in [0.717, 1.165) is 43.0 Å². The summed E-state index contributed by atoms with van der Waals surface area (Å²) in [5, 5.41) is 13.3. The van der Waals surface area contributed by atoms with Gasteiger partial charge in [0.1, 0.15) is 17.7 Å². The number of nitrogens with one attached hydrogen (secondary N) is 1. The lowest BCUT2D eigenvalue weighted by atomic mass is 9.37. The molecule has 29 heavy (non-hydrogen) atoms. The molecule has 4 aliphatic carbocycles. The molecule has 0 radical (unpaired) electrons. The maximum absolute atomic E-state index is 9.69. The van der Waals surface area contributed by atoms with Crippen molar-refractivity contribution in [3.63, 3.8) is 0 Å². The fourth-order valence-electron chi connectivity index (χ4n) is 7.91. The zero-order valence-corrected chi connectivity index (χ0v) is 17.5. The lowest BCUT2D eigenvalue weighted by Gasteiger charge is -2.69. The Labute approximate surface area is 171 Å². The molecule has 1 unspecified atom stereocenters. The summed E-state index contributed by atoms with van der Waals surface area (Å²) in [5.41, 5.74) is 2.67. The van der Waals surface area contributed by atoms with Gasteiger partial charge in [0, 0.05) is 31.4 Å². The van der Waals surface area contributed by atoms with Crippen molar-refractivity contribution in [1.29, 1.82) is 0 Å². The van der Waals surface area contributed by atoms with Crippen LogP contribution in [0.25, 0.3) is 0 Å². The normalized spacial score (nSPS) is 45.7. The van der Waals surface area contributed by atoms with E-state index in [0.29, 0.717) is 6.04 Å². The van der Waals surface area contributed by atoms with Crippen LogP contribution in [0, 0.1) is 11.3 Å². The third-order valence-electron chi connectivity index (χ3n) is 9.10. The minimum atomic E-state index is -0.646. The average molecular weight is 397 g/mol. The van der Waals surface area contributed by atoms with E-state index in [-0.39, 0.29) is 22.9 Å². The number of methoxy groups -OCH3 is 2. The summed E-state index contributed by atoms with van der Waals surface area (Å²) in [4.78, 5) is 1.58. The molecule has 7 rings (SSSR count). The summed E-state index contributed by atoms with van der Waals surface area (Å²) >= 11 is 0. The lowest BCUT2D eigenvalue weighted by Crippen LogP contribution is -3.18. The number of likely N-dealkylation sites (tertiary alicyclic amines) is 1. The van der Waals surface area contributed by atoms with Gasteiger partial charge in [0.15, 0.2) is 11.5 Å². The quantitative estimate of drug-likeness (QED) is 0.350. The predicted octanol–water partition coefficient (Wildman–Crippen LogP) is 1.35. The number of oxime groups is 1. The van der Waals surface area contributed by atoms with Gasteiger partial charge in [-0.2, -0.15) is 0 Å². The highest BCUT2D eigenvalue weighted by molar-refractivity contribution is 5.87. The van der Waals surface area contributed by atoms with Gasteiger partial charge in [-0.15, -0.1) is 0 Å². The van der Waals surface area contributed by atoms with Crippen LogP contribution < -0.4 is 14.4 Å². The van der Waals surface area contributed by atoms with E-state index in [1.165, 1.54) is 11.1 Å². The van der Waals surface area contributed by atoms with Crippen LogP contribution in [-0.2, 0) is 16.6 Å². The standard InChI is InChI=1S/C23H28N2O4/c1-13(24-26)15-12-21-7-8-23(15,28-4)20-22(21)9-10-25(2)17(21)11-14-5-6-16(27-3)19(29-20)18(14)22/h5-8,15,17,20,26H,9-12H2,1-4H3/p+1/t15-,17-,20+,21+,22-,23+/m0/s1. The highest BCUT2D eigenvalue weighted by Crippen LogP contribution is 2.73. The second kappa shape index (κ2) is 5.35. The molecule has 7 atom stereocenters. The Morgan fingerprint density at radius 3 is 2.86 bits per heavy atom. The molecule has 0 aromatic heterocycles. The molecule has 4 bridgehead atoms. The molecule has 2 N–H and O–H groups in total. The number of nitrogens with zero attached hydrogens (tertiary/aromatic N) is 1. The molecule has 2 heterocycles. The third-order valence-corrected chi connectivity index (χ3v) is 9.10. The van der Waals surface area contributed by atoms with Gasteiger partial charge < -0.3 is 24.3 Å². The van der Waals surface area contributed by atoms with Gasteiger partial charge in [-0.3, -0.25) is 0 Å². The monoisotopic (exact) mass is 397 g/mol. The third kappa shape index (κ3) is 1.65. The van der Waals surface area contributed by atoms with E-state index < -0.39 is 5.60 Å². The number of quaternary nitrogens is 1. The number of piperidine rings is 1. The molecule has 1 saturated heterocycles. The van der Waals surface area contributed by atoms with Crippen molar-refractivity contribution in [2.24, 2.45) is 16.5 Å². The molecule has 2 aliphatic heterocycles. The second-order valence-electron chi connectivity index (χ2n) is 9.63. The number of rotatable bonds is 3. The highest BCUT2D eigenvalue weighted by atomic mass is 16.6. The summed E-state index contributed by atoms with van der Waals surface area (Å²) in [5.74, 6) is 1.69. The number of likely N-dealkylation sites (N-methyl/N-ethyl adjacent to an activating group) is 1. The number of benzene rings is 1. The first-order valence-electron chi connectivity index (χ1n) is 10.6. The van der Waals surface area contributed by atoms with Crippen molar-refractivity contribution >= 4 is 5.71 Å². The molecule has 2 spiro atoms. The molecule has 6 heteroatoms. The van der Waals surface area contributed by atoms with Crippen LogP contribution in [0.5, 0.6) is 11.5 Å². The Kier molecular flexibility index (Phi) is 3.28. The van der Waals surface area contributed by atoms with Gasteiger partial charge in [0.2, 0.25) is 0 Å². The molecule has 1 aromatic rings. The molecule has 0 amide bonds. The van der Waals surface area contributed by atoms with E-state index in [1.54, 1.807) is 19.1 Å². The van der Waals surface area contributed by atoms with Crippen LogP contribution in [0.3, 0.4) is 0 Å². The molecule has 1 saturated carbocycles. The van der Waals surface area contributed by atoms with E-state index >= 15 is 0 Å². The maximum atomic E-state index is 9.69. The summed E-state index contributed by atoms with van der Waals surface area (Å²) in [6, 6.07) is 4.76. The van der Waals surface area contributed by atoms with Crippen molar-refractivity contribution in [2.45, 2.75) is 49.3 Å². The first-order valence-corrected chi connectivity index (χ1v) is 10.6. The minimum Gasteiger partial charge on any atom is -0.493 e. The van der Waals surface area contributed by atoms with Crippen LogP contribution in [0.1, 0.15) is 30.9 Å². The zero-order valence-electron chi connectivity index (χ0n) is 17.5. The van der Waals surface area contributed by atoms with Crippen LogP contribution in [0.15, 0.2) is 29.4 Å². The van der Waals surface area contributed by atoms with Gasteiger partial charge in [-0.05, 0) is 25.0 Å². The topological polar surface area (TPSA) is 64.7 Å². The van der Waals surface area contributed by atoms with Crippen molar-refractivity contribution in [3.8, 4) is 11.5 Å². The summed E-state index contributed by atoms with van der Waals surface area (Å²) < 4.78 is 18.9. The van der Waals surface area contributed by atoms with E-state index in [9.17, 15) is 5.21 Å². The Balaban J connectivity index is 1.70. The van der Waals surface area contributed by atoms with E-state index in [1.807, 2.05) is 6.92 Å². The summed E-state index contributed by atoms with van der Waals surface area (Å²) in [6.45, 7) is 3.03. The van der Waals surface area contributed by atoms with Crippen LogP contribution in [0.4, 0.5) is 0 Å². The minimum absolute atomic E-state index is 0.0177. The largest absolute Gasteiger partial charge is 0.493 e. The number of hydrogen-bond donors (Lipinski definition) is 2. The smallest absolute Gasteiger partial charge is 0.166 e. The summed E-state index contributed by atoms with van der Waals surface area (Å²) in [7, 11) is 5.81. The molecule has 2 fully saturated rings. The Bertz CT molecular complexity index is 974. The van der Waals surface area contributed by atoms with Gasteiger partial charge in [0.25, 0.3) is 0 Å². The average Bonchev–Trinajstić information content (AvgIpc) is 3.12. The van der Waals surface area contributed by atoms with Gasteiger partial charge in [0.05, 0.1) is 37.2 Å². The van der Waals surface area contributed by atoms with Crippen LogP contribution in [0.2, 0.25) is 0 Å². The predicted molar refractivity (Wildman–Crippen MR) is 107 cm³/mol. The molecular weight excluding hydrogens is 368 g/mol. The number of hydrogen-bond acceptors (Lipinski definition) is 5.